The van der Waals surface area contributed by atoms with Crippen LogP contribution in [0.25, 0.3) is 0 Å². The van der Waals surface area contributed by atoms with Crippen LogP contribution in [0.4, 0.5) is 0 Å². The van der Waals surface area contributed by atoms with Crippen LogP contribution < -0.4 is 10.6 Å². The molecule has 2 unspecified atom stereocenters. The Hall–Kier alpha value is -1.00. The summed E-state index contributed by atoms with van der Waals surface area (Å²) in [6.45, 7) is 2.67. The van der Waals surface area contributed by atoms with Crippen molar-refractivity contribution in [2.45, 2.75) is 24.3 Å². The van der Waals surface area contributed by atoms with E-state index < -0.39 is 0 Å². The molecule has 2 N–H and O–H groups in total. The topological polar surface area (TPSA) is 41.1 Å². The number of benzene rings is 1. The first-order chi connectivity index (χ1) is 8.72. The number of carbonyl (C=O) groups is 1. The molecular weight excluding hydrogens is 244 g/mol. The number of hydrogen-bond donors (Lipinski definition) is 2. The normalized spacial score (nSPS) is 20.0. The summed E-state index contributed by atoms with van der Waals surface area (Å²) in [6.07, 6.45) is 1.01. The molecule has 2 atom stereocenters. The number of thioether (sulfide) groups is 1. The van der Waals surface area contributed by atoms with Gasteiger partial charge in [0.1, 0.15) is 0 Å². The van der Waals surface area contributed by atoms with Gasteiger partial charge in [-0.05, 0) is 25.1 Å². The number of carbonyl (C=O) groups excluding carboxylic acids is 1. The van der Waals surface area contributed by atoms with Gasteiger partial charge in [-0.2, -0.15) is 0 Å². The highest BCUT2D eigenvalue weighted by molar-refractivity contribution is 7.99. The maximum Gasteiger partial charge on any atom is 0.224 e. The van der Waals surface area contributed by atoms with Crippen molar-refractivity contribution in [3.63, 3.8) is 0 Å². The number of fused-ring (bicyclic) bond motifs is 1. The second-order valence-electron chi connectivity index (χ2n) is 4.69. The molecule has 0 radical (unpaired) electrons. The van der Waals surface area contributed by atoms with Gasteiger partial charge in [-0.25, -0.2) is 0 Å². The van der Waals surface area contributed by atoms with E-state index in [0.29, 0.717) is 0 Å². The summed E-state index contributed by atoms with van der Waals surface area (Å²) in [5.74, 6) is 1.22. The molecule has 1 heterocycles. The SMILES string of the molecule is CNCC(C)C(=O)NC1CCSc2ccccc21. The second kappa shape index (κ2) is 6.25. The van der Waals surface area contributed by atoms with Gasteiger partial charge in [-0.3, -0.25) is 4.79 Å². The summed E-state index contributed by atoms with van der Waals surface area (Å²) < 4.78 is 0. The van der Waals surface area contributed by atoms with E-state index in [9.17, 15) is 4.79 Å². The molecule has 1 aromatic rings. The molecule has 0 bridgehead atoms. The standard InChI is InChI=1S/C14H20N2OS/c1-10(9-15-2)14(17)16-12-7-8-18-13-6-4-3-5-11(12)13/h3-6,10,12,15H,7-9H2,1-2H3,(H,16,17). The highest BCUT2D eigenvalue weighted by atomic mass is 32.2. The monoisotopic (exact) mass is 264 g/mol. The zero-order valence-corrected chi connectivity index (χ0v) is 11.7. The average molecular weight is 264 g/mol. The lowest BCUT2D eigenvalue weighted by Crippen LogP contribution is -2.37. The van der Waals surface area contributed by atoms with Gasteiger partial charge in [0.15, 0.2) is 0 Å². The molecule has 0 saturated heterocycles. The Bertz CT molecular complexity index is 422. The van der Waals surface area contributed by atoms with Gasteiger partial charge in [0.25, 0.3) is 0 Å². The van der Waals surface area contributed by atoms with E-state index in [-0.39, 0.29) is 17.9 Å². The maximum absolute atomic E-state index is 12.1. The molecule has 0 aliphatic carbocycles. The number of hydrogen-bond acceptors (Lipinski definition) is 3. The van der Waals surface area contributed by atoms with Gasteiger partial charge >= 0.3 is 0 Å². The third kappa shape index (κ3) is 3.06. The van der Waals surface area contributed by atoms with Gasteiger partial charge in [0.2, 0.25) is 5.91 Å². The van der Waals surface area contributed by atoms with Crippen LogP contribution in [-0.4, -0.2) is 25.3 Å². The van der Waals surface area contributed by atoms with Crippen molar-refractivity contribution in [3.8, 4) is 0 Å². The Kier molecular flexibility index (Phi) is 4.66. The van der Waals surface area contributed by atoms with E-state index in [1.807, 2.05) is 31.8 Å². The predicted octanol–water partition coefficient (Wildman–Crippen LogP) is 2.20. The Morgan fingerprint density at radius 1 is 1.50 bits per heavy atom. The molecule has 0 saturated carbocycles. The van der Waals surface area contributed by atoms with E-state index in [4.69, 9.17) is 0 Å². The number of nitrogens with one attached hydrogen (secondary N) is 2. The van der Waals surface area contributed by atoms with Crippen molar-refractivity contribution >= 4 is 17.7 Å². The van der Waals surface area contributed by atoms with Crippen LogP contribution in [0.2, 0.25) is 0 Å². The quantitative estimate of drug-likeness (QED) is 0.876. The predicted molar refractivity (Wildman–Crippen MR) is 75.8 cm³/mol. The van der Waals surface area contributed by atoms with Crippen LogP contribution in [0, 0.1) is 5.92 Å². The third-order valence-corrected chi connectivity index (χ3v) is 4.36. The Labute approximate surface area is 113 Å². The molecule has 0 aromatic heterocycles. The first kappa shape index (κ1) is 13.4. The minimum Gasteiger partial charge on any atom is -0.349 e. The maximum atomic E-state index is 12.1. The molecule has 4 heteroatoms. The fourth-order valence-corrected chi connectivity index (χ4v) is 3.33. The number of rotatable bonds is 4. The zero-order valence-electron chi connectivity index (χ0n) is 10.9. The van der Waals surface area contributed by atoms with E-state index >= 15 is 0 Å². The molecule has 2 rings (SSSR count). The van der Waals surface area contributed by atoms with Crippen LogP contribution in [0.3, 0.4) is 0 Å². The molecular formula is C14H20N2OS. The molecule has 0 spiro atoms. The lowest BCUT2D eigenvalue weighted by atomic mass is 10.0. The van der Waals surface area contributed by atoms with Crippen LogP contribution in [0.1, 0.15) is 24.9 Å². The van der Waals surface area contributed by atoms with Crippen molar-refractivity contribution in [2.24, 2.45) is 5.92 Å². The molecule has 1 aliphatic rings. The van der Waals surface area contributed by atoms with Gasteiger partial charge in [-0.15, -0.1) is 11.8 Å². The van der Waals surface area contributed by atoms with E-state index in [1.54, 1.807) is 0 Å². The Morgan fingerprint density at radius 3 is 3.06 bits per heavy atom. The average Bonchev–Trinajstić information content (AvgIpc) is 2.39. The largest absolute Gasteiger partial charge is 0.349 e. The van der Waals surface area contributed by atoms with E-state index in [1.165, 1.54) is 10.5 Å². The smallest absolute Gasteiger partial charge is 0.224 e. The Balaban J connectivity index is 2.05. The van der Waals surface area contributed by atoms with Crippen molar-refractivity contribution < 1.29 is 4.79 Å². The van der Waals surface area contributed by atoms with Crippen molar-refractivity contribution in [3.05, 3.63) is 29.8 Å². The highest BCUT2D eigenvalue weighted by Crippen LogP contribution is 2.35. The molecule has 1 aliphatic heterocycles. The summed E-state index contributed by atoms with van der Waals surface area (Å²) in [4.78, 5) is 13.4. The van der Waals surface area contributed by atoms with Crippen molar-refractivity contribution in [1.82, 2.24) is 10.6 Å². The first-order valence-electron chi connectivity index (χ1n) is 6.39. The lowest BCUT2D eigenvalue weighted by Gasteiger charge is -2.27. The van der Waals surface area contributed by atoms with Gasteiger partial charge in [0.05, 0.1) is 6.04 Å². The van der Waals surface area contributed by atoms with E-state index in [0.717, 1.165) is 18.7 Å². The summed E-state index contributed by atoms with van der Waals surface area (Å²) in [5, 5.41) is 6.21. The zero-order chi connectivity index (χ0) is 13.0. The van der Waals surface area contributed by atoms with Crippen LogP contribution in [0.15, 0.2) is 29.2 Å². The minimum atomic E-state index is 0.0109. The third-order valence-electron chi connectivity index (χ3n) is 3.23. The molecule has 0 fully saturated rings. The number of amides is 1. The minimum absolute atomic E-state index is 0.0109. The van der Waals surface area contributed by atoms with Gasteiger partial charge < -0.3 is 10.6 Å². The van der Waals surface area contributed by atoms with Crippen molar-refractivity contribution in [2.75, 3.05) is 19.3 Å². The highest BCUT2D eigenvalue weighted by Gasteiger charge is 2.23. The second-order valence-corrected chi connectivity index (χ2v) is 5.83. The van der Waals surface area contributed by atoms with Crippen LogP contribution in [-0.2, 0) is 4.79 Å². The molecule has 98 valence electrons. The van der Waals surface area contributed by atoms with Gasteiger partial charge in [-0.1, -0.05) is 25.1 Å². The summed E-state index contributed by atoms with van der Waals surface area (Å²) in [6, 6.07) is 8.53. The molecule has 3 nitrogen and oxygen atoms in total. The summed E-state index contributed by atoms with van der Waals surface area (Å²) >= 11 is 1.87. The Morgan fingerprint density at radius 2 is 2.28 bits per heavy atom. The fraction of sp³-hybridized carbons (Fsp3) is 0.500. The molecule has 18 heavy (non-hydrogen) atoms. The lowest BCUT2D eigenvalue weighted by molar-refractivity contribution is -0.125. The van der Waals surface area contributed by atoms with E-state index in [2.05, 4.69) is 28.8 Å². The van der Waals surface area contributed by atoms with Gasteiger partial charge in [0, 0.05) is 23.1 Å². The van der Waals surface area contributed by atoms with Crippen molar-refractivity contribution in [1.29, 1.82) is 0 Å². The summed E-state index contributed by atoms with van der Waals surface area (Å²) in [5.41, 5.74) is 1.26. The fourth-order valence-electron chi connectivity index (χ4n) is 2.20. The first-order valence-corrected chi connectivity index (χ1v) is 7.37. The molecule has 1 aromatic carbocycles. The van der Waals surface area contributed by atoms with Crippen LogP contribution >= 0.6 is 11.8 Å². The summed E-state index contributed by atoms with van der Waals surface area (Å²) in [7, 11) is 1.87. The van der Waals surface area contributed by atoms with Crippen LogP contribution in [0.5, 0.6) is 0 Å². The molecule has 1 amide bonds.